The maximum atomic E-state index is 9.38. The molecule has 7 aromatic rings. The van der Waals surface area contributed by atoms with Crippen LogP contribution in [0.25, 0.3) is 0 Å². The van der Waals surface area contributed by atoms with Gasteiger partial charge in [-0.1, -0.05) is 179 Å². The molecule has 0 bridgehead atoms. The Morgan fingerprint density at radius 2 is 0.565 bits per heavy atom. The van der Waals surface area contributed by atoms with Crippen LogP contribution in [-0.4, -0.2) is 0 Å². The highest BCUT2D eigenvalue weighted by Crippen LogP contribution is 2.51. The zero-order valence-electron chi connectivity index (χ0n) is 48.1. The molecule has 318 valence electrons. The molecule has 0 fully saturated rings. The average Bonchev–Trinajstić information content (AvgIpc) is 3.31. The van der Waals surface area contributed by atoms with Crippen LogP contribution in [0.4, 0.5) is 51.2 Å². The van der Waals surface area contributed by atoms with E-state index in [1.54, 1.807) is 12.1 Å². The Morgan fingerprint density at radius 3 is 0.790 bits per heavy atom. The Bertz CT molecular complexity index is 2780. The SMILES string of the molecule is [2H]c1c([2H])c([2H])c(N(c2cc(N(c3ccc(C(C)(C)C)cc3)c3ccc(C(C)(C)C)cc3)c(Cl)c(N(c3ccc(C(C)(C)C)cc3)c3ccc(C(C)(C)C)cc3)c2)c2c([2H])c([2H])c([2H])c([2H])c2[2H])c([2H])c1[2H]. The van der Waals surface area contributed by atoms with E-state index in [0.717, 1.165) is 22.3 Å². The molecule has 0 N–H and O–H groups in total. The molecule has 0 atom stereocenters. The second-order valence-corrected chi connectivity index (χ2v) is 20.3. The van der Waals surface area contributed by atoms with E-state index in [1.165, 1.54) is 4.90 Å². The molecule has 0 unspecified atom stereocenters. The molecule has 0 aliphatic carbocycles. The second kappa shape index (κ2) is 17.2. The van der Waals surface area contributed by atoms with Crippen molar-refractivity contribution in [2.75, 3.05) is 14.7 Å². The Labute approximate surface area is 391 Å². The summed E-state index contributed by atoms with van der Waals surface area (Å²) in [6, 6.07) is 29.4. The summed E-state index contributed by atoms with van der Waals surface area (Å²) in [6.45, 7) is 25.7. The minimum atomic E-state index is -0.670. The van der Waals surface area contributed by atoms with Gasteiger partial charge >= 0.3 is 0 Å². The van der Waals surface area contributed by atoms with Crippen molar-refractivity contribution in [3.8, 4) is 0 Å². The van der Waals surface area contributed by atoms with Gasteiger partial charge in [-0.25, -0.2) is 0 Å². The molecular weight excluding hydrogens is 774 g/mol. The Balaban J connectivity index is 1.71. The fourth-order valence-corrected chi connectivity index (χ4v) is 7.69. The quantitative estimate of drug-likeness (QED) is 0.143. The van der Waals surface area contributed by atoms with Crippen LogP contribution in [0.15, 0.2) is 170 Å². The second-order valence-electron chi connectivity index (χ2n) is 19.9. The van der Waals surface area contributed by atoms with Gasteiger partial charge in [-0.3, -0.25) is 0 Å². The molecule has 3 nitrogen and oxygen atoms in total. The van der Waals surface area contributed by atoms with Gasteiger partial charge in [0.05, 0.1) is 35.8 Å². The van der Waals surface area contributed by atoms with Crippen molar-refractivity contribution in [3.05, 3.63) is 197 Å². The zero-order valence-corrected chi connectivity index (χ0v) is 38.9. The molecule has 7 rings (SSSR count). The first-order valence-corrected chi connectivity index (χ1v) is 21.5. The summed E-state index contributed by atoms with van der Waals surface area (Å²) in [4.78, 5) is 5.16. The third-order valence-electron chi connectivity index (χ3n) is 11.1. The van der Waals surface area contributed by atoms with Crippen LogP contribution in [-0.2, 0) is 21.7 Å². The average molecular weight is 849 g/mol. The van der Waals surface area contributed by atoms with Crippen molar-refractivity contribution in [2.45, 2.75) is 105 Å². The van der Waals surface area contributed by atoms with Gasteiger partial charge < -0.3 is 14.7 Å². The van der Waals surface area contributed by atoms with Crippen molar-refractivity contribution < 1.29 is 13.7 Å². The fourth-order valence-electron chi connectivity index (χ4n) is 7.41. The lowest BCUT2D eigenvalue weighted by atomic mass is 9.86. The largest absolute Gasteiger partial charge is 0.310 e. The van der Waals surface area contributed by atoms with Crippen LogP contribution in [0.2, 0.25) is 5.02 Å². The first-order chi connectivity index (χ1) is 33.3. The molecule has 4 heteroatoms. The molecule has 0 aromatic heterocycles. The van der Waals surface area contributed by atoms with Gasteiger partial charge in [0, 0.05) is 34.1 Å². The van der Waals surface area contributed by atoms with E-state index in [9.17, 15) is 5.48 Å². The zero-order chi connectivity index (χ0) is 53.3. The highest BCUT2D eigenvalue weighted by molar-refractivity contribution is 6.37. The number of halogens is 1. The summed E-state index contributed by atoms with van der Waals surface area (Å²) in [5.74, 6) is 0. The molecule has 0 saturated heterocycles. The predicted molar refractivity (Wildman–Crippen MR) is 270 cm³/mol. The summed E-state index contributed by atoms with van der Waals surface area (Å²) < 4.78 is 90.1. The van der Waals surface area contributed by atoms with E-state index in [2.05, 4.69) is 132 Å². The van der Waals surface area contributed by atoms with Gasteiger partial charge in [-0.2, -0.15) is 0 Å². The summed E-state index contributed by atoms with van der Waals surface area (Å²) in [5.41, 5.74) is 6.49. The third-order valence-corrected chi connectivity index (χ3v) is 11.5. The summed E-state index contributed by atoms with van der Waals surface area (Å²) >= 11 is 8.03. The maximum absolute atomic E-state index is 9.38. The molecule has 0 saturated carbocycles. The topological polar surface area (TPSA) is 9.72 Å². The number of anilines is 9. The first-order valence-electron chi connectivity index (χ1n) is 26.1. The minimum Gasteiger partial charge on any atom is -0.310 e. The molecule has 0 amide bonds. The van der Waals surface area contributed by atoms with Crippen LogP contribution in [0.1, 0.15) is 119 Å². The standard InChI is InChI=1S/C58H64ClN3/c1-55(2,3)41-23-31-47(32-24-41)61(48-33-25-42(26-34-48)56(4,5)6)52-39-51(60(45-19-15-13-16-20-45)46-21-17-14-18-22-46)40-53(54(52)59)62(49-35-27-43(28-36-49)57(7,8)9)50-37-29-44(30-38-50)58(10,11)12/h13-40H,1-12H3/i13D,14D,15D,16D,17D,18D,19D,20D,21D,22D. The smallest absolute Gasteiger partial charge is 0.0888 e. The van der Waals surface area contributed by atoms with Crippen LogP contribution in [0, 0.1) is 0 Å². The van der Waals surface area contributed by atoms with E-state index < -0.39 is 71.8 Å². The Kier molecular flexibility index (Phi) is 9.11. The summed E-state index contributed by atoms with van der Waals surface area (Å²) in [7, 11) is 0. The monoisotopic (exact) mass is 848 g/mol. The Hall–Kier alpha value is -5.77. The number of rotatable bonds is 9. The molecule has 7 aromatic carbocycles. The maximum Gasteiger partial charge on any atom is 0.0888 e. The Morgan fingerprint density at radius 1 is 0.323 bits per heavy atom. The lowest BCUT2D eigenvalue weighted by Crippen LogP contribution is -2.18. The number of para-hydroxylation sites is 2. The summed E-state index contributed by atoms with van der Waals surface area (Å²) in [5, 5.41) is 0.250. The van der Waals surface area contributed by atoms with Gasteiger partial charge in [-0.05, 0) is 129 Å². The minimum absolute atomic E-state index is 0.0895. The third kappa shape index (κ3) is 9.64. The number of hydrogen-bond donors (Lipinski definition) is 0. The lowest BCUT2D eigenvalue weighted by molar-refractivity contribution is 0.590. The van der Waals surface area contributed by atoms with E-state index in [4.69, 9.17) is 19.8 Å². The van der Waals surface area contributed by atoms with Gasteiger partial charge in [-0.15, -0.1) is 0 Å². The molecule has 62 heavy (non-hydrogen) atoms. The number of benzene rings is 7. The molecular formula is C58H64ClN3. The van der Waals surface area contributed by atoms with E-state index in [1.807, 2.05) is 58.3 Å². The molecule has 0 aliphatic rings. The van der Waals surface area contributed by atoms with Crippen LogP contribution < -0.4 is 14.7 Å². The first kappa shape index (κ1) is 32.9. The number of nitrogens with zero attached hydrogens (tertiary/aromatic N) is 3. The normalized spacial score (nSPS) is 14.5. The predicted octanol–water partition coefficient (Wildman–Crippen LogP) is 17.9. The highest BCUT2D eigenvalue weighted by atomic mass is 35.5. The highest BCUT2D eigenvalue weighted by Gasteiger charge is 2.28. The van der Waals surface area contributed by atoms with Crippen molar-refractivity contribution >= 4 is 62.8 Å². The molecule has 0 aliphatic heterocycles. The van der Waals surface area contributed by atoms with E-state index in [0.29, 0.717) is 34.1 Å². The van der Waals surface area contributed by atoms with Crippen LogP contribution >= 0.6 is 11.6 Å². The van der Waals surface area contributed by atoms with Crippen molar-refractivity contribution in [3.63, 3.8) is 0 Å². The van der Waals surface area contributed by atoms with Crippen LogP contribution in [0.3, 0.4) is 0 Å². The van der Waals surface area contributed by atoms with Gasteiger partial charge in [0.1, 0.15) is 0 Å². The number of hydrogen-bond acceptors (Lipinski definition) is 3. The van der Waals surface area contributed by atoms with Crippen molar-refractivity contribution in [1.29, 1.82) is 0 Å². The summed E-state index contributed by atoms with van der Waals surface area (Å²) in [6.07, 6.45) is 0. The van der Waals surface area contributed by atoms with Gasteiger partial charge in [0.2, 0.25) is 0 Å². The van der Waals surface area contributed by atoms with Gasteiger partial charge in [0.15, 0.2) is 0 Å². The lowest BCUT2D eigenvalue weighted by Gasteiger charge is -2.34. The van der Waals surface area contributed by atoms with Crippen molar-refractivity contribution in [2.24, 2.45) is 0 Å². The van der Waals surface area contributed by atoms with Gasteiger partial charge in [0.25, 0.3) is 0 Å². The van der Waals surface area contributed by atoms with Crippen molar-refractivity contribution in [1.82, 2.24) is 0 Å². The molecule has 0 spiro atoms. The van der Waals surface area contributed by atoms with E-state index in [-0.39, 0.29) is 32.4 Å². The fraction of sp³-hybridized carbons (Fsp3) is 0.276. The van der Waals surface area contributed by atoms with E-state index >= 15 is 0 Å². The molecule has 0 radical (unpaired) electrons. The van der Waals surface area contributed by atoms with Crippen LogP contribution in [0.5, 0.6) is 0 Å². The molecule has 0 heterocycles.